The molecule has 0 amide bonds. The molecule has 2 aliphatic rings. The Bertz CT molecular complexity index is 1130. The highest BCUT2D eigenvalue weighted by molar-refractivity contribution is 7.20. The first-order valence-corrected chi connectivity index (χ1v) is 11.7. The van der Waals surface area contributed by atoms with Crippen LogP contribution in [0.25, 0.3) is 15.3 Å². The number of rotatable bonds is 4. The first-order chi connectivity index (χ1) is 14.5. The van der Waals surface area contributed by atoms with Crippen LogP contribution in [0.15, 0.2) is 24.3 Å². The Morgan fingerprint density at radius 2 is 2.03 bits per heavy atom. The van der Waals surface area contributed by atoms with E-state index in [4.69, 9.17) is 10.1 Å². The van der Waals surface area contributed by atoms with Crippen molar-refractivity contribution < 1.29 is 4.79 Å². The first-order valence-electron chi connectivity index (χ1n) is 10.9. The molecule has 0 saturated heterocycles. The highest BCUT2D eigenvalue weighted by Crippen LogP contribution is 2.42. The number of hydrogen-bond donors (Lipinski definition) is 0. The second-order valence-electron chi connectivity index (χ2n) is 9.43. The van der Waals surface area contributed by atoms with Crippen molar-refractivity contribution in [1.82, 2.24) is 14.8 Å². The summed E-state index contributed by atoms with van der Waals surface area (Å²) in [6, 6.07) is 10.4. The van der Waals surface area contributed by atoms with Crippen LogP contribution in [-0.4, -0.2) is 20.5 Å². The molecule has 2 aliphatic carbocycles. The number of aryl methyl sites for hydroxylation is 1. The van der Waals surface area contributed by atoms with Crippen molar-refractivity contribution in [2.24, 2.45) is 17.3 Å². The van der Waals surface area contributed by atoms with Gasteiger partial charge in [0.15, 0.2) is 5.78 Å². The molecule has 1 fully saturated rings. The number of para-hydroxylation sites is 1. The highest BCUT2D eigenvalue weighted by atomic mass is 32.1. The minimum absolute atomic E-state index is 0.0578. The Hall–Kier alpha value is -2.52. The standard InChI is InChI=1S/C24H26N4OS/c1-24(2)13-19-21(22(29)16(24)14-25)18(12-11-15-7-3-4-8-15)27-28(19)23-26-17-9-5-6-10-20(17)30-23/h5-6,9-10,15-16H,3-4,7-8,11-13H2,1-2H3. The van der Waals surface area contributed by atoms with Crippen LogP contribution in [0.4, 0.5) is 0 Å². The second-order valence-corrected chi connectivity index (χ2v) is 10.4. The number of thiazole rings is 1. The maximum absolute atomic E-state index is 13.4. The van der Waals surface area contributed by atoms with E-state index in [1.54, 1.807) is 11.3 Å². The maximum atomic E-state index is 13.4. The lowest BCUT2D eigenvalue weighted by atomic mass is 9.67. The fourth-order valence-electron chi connectivity index (χ4n) is 5.14. The number of benzene rings is 1. The Morgan fingerprint density at radius 1 is 1.27 bits per heavy atom. The van der Waals surface area contributed by atoms with Crippen LogP contribution in [0.1, 0.15) is 67.7 Å². The number of fused-ring (bicyclic) bond motifs is 2. The third kappa shape index (κ3) is 3.16. The smallest absolute Gasteiger partial charge is 0.211 e. The van der Waals surface area contributed by atoms with Gasteiger partial charge in [-0.2, -0.15) is 10.4 Å². The summed E-state index contributed by atoms with van der Waals surface area (Å²) in [6.07, 6.45) is 7.70. The zero-order valence-electron chi connectivity index (χ0n) is 17.5. The zero-order chi connectivity index (χ0) is 20.9. The Labute approximate surface area is 180 Å². The molecule has 2 aromatic heterocycles. The van der Waals surface area contributed by atoms with Gasteiger partial charge in [-0.05, 0) is 42.7 Å². The van der Waals surface area contributed by atoms with Gasteiger partial charge in [-0.3, -0.25) is 4.79 Å². The molecule has 1 saturated carbocycles. The van der Waals surface area contributed by atoms with Gasteiger partial charge in [0.25, 0.3) is 0 Å². The van der Waals surface area contributed by atoms with Crippen LogP contribution in [0.5, 0.6) is 0 Å². The number of ketones is 1. The third-order valence-corrected chi connectivity index (χ3v) is 7.84. The van der Waals surface area contributed by atoms with Gasteiger partial charge < -0.3 is 0 Å². The summed E-state index contributed by atoms with van der Waals surface area (Å²) in [5, 5.41) is 15.5. The fraction of sp³-hybridized carbons (Fsp3) is 0.500. The highest BCUT2D eigenvalue weighted by Gasteiger charge is 2.45. The van der Waals surface area contributed by atoms with E-state index in [1.165, 1.54) is 25.7 Å². The Kier molecular flexibility index (Phi) is 4.74. The number of carbonyl (C=O) groups excluding carboxylic acids is 1. The Balaban J connectivity index is 1.61. The second kappa shape index (κ2) is 7.31. The molecule has 1 atom stereocenters. The fourth-order valence-corrected chi connectivity index (χ4v) is 6.08. The minimum atomic E-state index is -0.622. The van der Waals surface area contributed by atoms with E-state index in [0.29, 0.717) is 12.0 Å². The molecule has 2 heterocycles. The number of aromatic nitrogens is 3. The van der Waals surface area contributed by atoms with E-state index in [0.717, 1.165) is 45.5 Å². The summed E-state index contributed by atoms with van der Waals surface area (Å²) in [5.74, 6) is 0.0518. The van der Waals surface area contributed by atoms with Gasteiger partial charge in [-0.15, -0.1) is 0 Å². The molecular formula is C24H26N4OS. The van der Waals surface area contributed by atoms with Crippen LogP contribution in [0.2, 0.25) is 0 Å². The minimum Gasteiger partial charge on any atom is -0.293 e. The first kappa shape index (κ1) is 19.4. The molecule has 0 N–H and O–H groups in total. The van der Waals surface area contributed by atoms with Crippen LogP contribution in [0.3, 0.4) is 0 Å². The zero-order valence-corrected chi connectivity index (χ0v) is 18.3. The van der Waals surface area contributed by atoms with E-state index in [2.05, 4.69) is 12.1 Å². The molecule has 1 aromatic carbocycles. The van der Waals surface area contributed by atoms with Gasteiger partial charge in [-0.1, -0.05) is 63.0 Å². The average molecular weight is 419 g/mol. The molecule has 30 heavy (non-hydrogen) atoms. The number of hydrogen-bond acceptors (Lipinski definition) is 5. The molecule has 0 radical (unpaired) electrons. The van der Waals surface area contributed by atoms with Gasteiger partial charge in [0.05, 0.1) is 33.2 Å². The summed E-state index contributed by atoms with van der Waals surface area (Å²) in [4.78, 5) is 18.2. The topological polar surface area (TPSA) is 71.6 Å². The molecule has 5 rings (SSSR count). The molecule has 5 nitrogen and oxygen atoms in total. The number of nitrogens with zero attached hydrogens (tertiary/aromatic N) is 4. The largest absolute Gasteiger partial charge is 0.293 e. The lowest BCUT2D eigenvalue weighted by Gasteiger charge is -2.33. The summed E-state index contributed by atoms with van der Waals surface area (Å²) < 4.78 is 3.01. The van der Waals surface area contributed by atoms with Crippen LogP contribution >= 0.6 is 11.3 Å². The van der Waals surface area contributed by atoms with Crippen molar-refractivity contribution in [3.05, 3.63) is 41.2 Å². The van der Waals surface area contributed by atoms with Crippen molar-refractivity contribution in [2.75, 3.05) is 0 Å². The van der Waals surface area contributed by atoms with Gasteiger partial charge in [0.1, 0.15) is 5.92 Å². The van der Waals surface area contributed by atoms with Gasteiger partial charge in [-0.25, -0.2) is 9.67 Å². The number of Topliss-reactive ketones (excluding diaryl/α,β-unsaturated/α-hetero) is 1. The lowest BCUT2D eigenvalue weighted by molar-refractivity contribution is 0.0833. The molecule has 0 spiro atoms. The van der Waals surface area contributed by atoms with Crippen molar-refractivity contribution in [2.45, 2.75) is 58.8 Å². The molecule has 3 aromatic rings. The van der Waals surface area contributed by atoms with E-state index in [9.17, 15) is 10.1 Å². The van der Waals surface area contributed by atoms with E-state index in [-0.39, 0.29) is 5.78 Å². The maximum Gasteiger partial charge on any atom is 0.211 e. The van der Waals surface area contributed by atoms with Gasteiger partial charge >= 0.3 is 0 Å². The average Bonchev–Trinajstić information content (AvgIpc) is 3.44. The van der Waals surface area contributed by atoms with Crippen LogP contribution < -0.4 is 0 Å². The van der Waals surface area contributed by atoms with Crippen molar-refractivity contribution >= 4 is 27.3 Å². The van der Waals surface area contributed by atoms with Crippen molar-refractivity contribution in [3.8, 4) is 11.2 Å². The van der Waals surface area contributed by atoms with Gasteiger partial charge in [0.2, 0.25) is 5.13 Å². The summed E-state index contributed by atoms with van der Waals surface area (Å²) in [7, 11) is 0. The summed E-state index contributed by atoms with van der Waals surface area (Å²) in [6.45, 7) is 4.02. The predicted molar refractivity (Wildman–Crippen MR) is 118 cm³/mol. The summed E-state index contributed by atoms with van der Waals surface area (Å²) in [5.41, 5.74) is 3.01. The van der Waals surface area contributed by atoms with E-state index in [1.807, 2.05) is 36.7 Å². The summed E-state index contributed by atoms with van der Waals surface area (Å²) >= 11 is 1.60. The van der Waals surface area contributed by atoms with Crippen LogP contribution in [0, 0.1) is 28.6 Å². The quantitative estimate of drug-likeness (QED) is 0.560. The van der Waals surface area contributed by atoms with E-state index < -0.39 is 11.3 Å². The number of nitriles is 1. The Morgan fingerprint density at radius 3 is 2.77 bits per heavy atom. The number of carbonyl (C=O) groups is 1. The molecule has 6 heteroatoms. The van der Waals surface area contributed by atoms with Crippen LogP contribution in [-0.2, 0) is 12.8 Å². The predicted octanol–water partition coefficient (Wildman–Crippen LogP) is 5.51. The molecule has 0 aliphatic heterocycles. The molecular weight excluding hydrogens is 392 g/mol. The lowest BCUT2D eigenvalue weighted by Crippen LogP contribution is -2.38. The van der Waals surface area contributed by atoms with Gasteiger partial charge in [0, 0.05) is 0 Å². The monoisotopic (exact) mass is 418 g/mol. The normalized spacial score (nSPS) is 21.1. The molecule has 154 valence electrons. The van der Waals surface area contributed by atoms with Crippen molar-refractivity contribution in [1.29, 1.82) is 5.26 Å². The van der Waals surface area contributed by atoms with Crippen molar-refractivity contribution in [3.63, 3.8) is 0 Å². The molecule has 1 unspecified atom stereocenters. The van der Waals surface area contributed by atoms with E-state index >= 15 is 0 Å². The SMILES string of the molecule is CC1(C)Cc2c(c(CCC3CCCC3)nn2-c2nc3ccccc3s2)C(=O)C1C#N. The molecule has 0 bridgehead atoms. The third-order valence-electron chi connectivity index (χ3n) is 6.82.